The minimum atomic E-state index is -0.633. The molecule has 1 unspecified atom stereocenters. The summed E-state index contributed by atoms with van der Waals surface area (Å²) in [7, 11) is 0. The van der Waals surface area contributed by atoms with E-state index in [4.69, 9.17) is 11.6 Å². The van der Waals surface area contributed by atoms with E-state index in [1.807, 2.05) is 0 Å². The van der Waals surface area contributed by atoms with E-state index in [0.29, 0.717) is 10.7 Å². The molecule has 0 aromatic heterocycles. The van der Waals surface area contributed by atoms with Gasteiger partial charge in [-0.05, 0) is 55.5 Å². The highest BCUT2D eigenvalue weighted by Gasteiger charge is 2.43. The summed E-state index contributed by atoms with van der Waals surface area (Å²) in [4.78, 5) is 27.6. The second-order valence-corrected chi connectivity index (χ2v) is 9.25. The number of nitrogens with one attached hydrogen (secondary N) is 2. The number of piperidine rings is 1. The van der Waals surface area contributed by atoms with Crippen molar-refractivity contribution >= 4 is 29.1 Å². The van der Waals surface area contributed by atoms with Crippen LogP contribution in [0.4, 0.5) is 5.69 Å². The van der Waals surface area contributed by atoms with Gasteiger partial charge in [-0.15, -0.1) is 0 Å². The lowest BCUT2D eigenvalue weighted by Gasteiger charge is -2.52. The summed E-state index contributed by atoms with van der Waals surface area (Å²) in [5.41, 5.74) is 2.00. The van der Waals surface area contributed by atoms with Crippen LogP contribution in [0.15, 0.2) is 54.6 Å². The molecule has 1 saturated carbocycles. The fourth-order valence-corrected chi connectivity index (χ4v) is 5.24. The highest BCUT2D eigenvalue weighted by Crippen LogP contribution is 2.41. The van der Waals surface area contributed by atoms with Gasteiger partial charge in [0.15, 0.2) is 0 Å². The predicted molar refractivity (Wildman–Crippen MR) is 124 cm³/mol. The third-order valence-corrected chi connectivity index (χ3v) is 6.94. The van der Waals surface area contributed by atoms with Crippen molar-refractivity contribution in [1.82, 2.24) is 10.2 Å². The molecule has 2 aliphatic rings. The van der Waals surface area contributed by atoms with Crippen LogP contribution in [-0.2, 0) is 16.1 Å². The van der Waals surface area contributed by atoms with Gasteiger partial charge in [0.2, 0.25) is 0 Å². The topological polar surface area (TPSA) is 61.4 Å². The maximum absolute atomic E-state index is 12.6. The van der Waals surface area contributed by atoms with Gasteiger partial charge in [0.1, 0.15) is 0 Å². The smallest absolute Gasteiger partial charge is 0.313 e. The highest BCUT2D eigenvalue weighted by atomic mass is 35.5. The van der Waals surface area contributed by atoms with E-state index in [2.05, 4.69) is 45.9 Å². The van der Waals surface area contributed by atoms with Crippen molar-refractivity contribution in [2.24, 2.45) is 0 Å². The predicted octanol–water partition coefficient (Wildman–Crippen LogP) is 4.76. The van der Waals surface area contributed by atoms with Crippen LogP contribution in [0.2, 0.25) is 5.02 Å². The fourth-order valence-electron chi connectivity index (χ4n) is 5.11. The van der Waals surface area contributed by atoms with E-state index in [9.17, 15) is 9.59 Å². The van der Waals surface area contributed by atoms with Crippen LogP contribution in [0.3, 0.4) is 0 Å². The Balaban J connectivity index is 1.39. The zero-order valence-electron chi connectivity index (χ0n) is 17.8. The number of anilines is 1. The minimum Gasteiger partial charge on any atom is -0.345 e. The van der Waals surface area contributed by atoms with Gasteiger partial charge in [-0.1, -0.05) is 61.2 Å². The lowest BCUT2D eigenvalue weighted by molar-refractivity contribution is -0.137. The summed E-state index contributed by atoms with van der Waals surface area (Å²) in [5, 5.41) is 6.24. The van der Waals surface area contributed by atoms with Crippen molar-refractivity contribution in [3.8, 4) is 0 Å². The summed E-state index contributed by atoms with van der Waals surface area (Å²) in [6.45, 7) is 1.87. The fraction of sp³-hybridized carbons (Fsp3) is 0.440. The SMILES string of the molecule is O=C(Nc1ccc(Cl)cc1)C(=O)NC1CCN(Cc2ccccc2)C2(CCCCC2)C1. The molecule has 2 amide bonds. The summed E-state index contributed by atoms with van der Waals surface area (Å²) in [6.07, 6.45) is 7.80. The van der Waals surface area contributed by atoms with E-state index in [0.717, 1.165) is 38.8 Å². The number of hydrogen-bond donors (Lipinski definition) is 2. The van der Waals surface area contributed by atoms with Crippen molar-refractivity contribution < 1.29 is 9.59 Å². The van der Waals surface area contributed by atoms with Crippen LogP contribution >= 0.6 is 11.6 Å². The van der Waals surface area contributed by atoms with Gasteiger partial charge in [-0.25, -0.2) is 0 Å². The number of halogens is 1. The molecule has 164 valence electrons. The molecule has 2 N–H and O–H groups in total. The van der Waals surface area contributed by atoms with Gasteiger partial charge in [0.05, 0.1) is 0 Å². The highest BCUT2D eigenvalue weighted by molar-refractivity contribution is 6.39. The van der Waals surface area contributed by atoms with Crippen LogP contribution in [-0.4, -0.2) is 34.8 Å². The Morgan fingerprint density at radius 1 is 0.968 bits per heavy atom. The minimum absolute atomic E-state index is 0.0218. The summed E-state index contributed by atoms with van der Waals surface area (Å²) in [5.74, 6) is -1.20. The normalized spacial score (nSPS) is 20.9. The molecule has 31 heavy (non-hydrogen) atoms. The van der Waals surface area contributed by atoms with Crippen LogP contribution in [0.5, 0.6) is 0 Å². The van der Waals surface area contributed by atoms with Crippen molar-refractivity contribution in [2.75, 3.05) is 11.9 Å². The number of amides is 2. The van der Waals surface area contributed by atoms with Gasteiger partial charge in [-0.3, -0.25) is 14.5 Å². The van der Waals surface area contributed by atoms with E-state index >= 15 is 0 Å². The van der Waals surface area contributed by atoms with Crippen molar-refractivity contribution in [1.29, 1.82) is 0 Å². The molecule has 6 heteroatoms. The Morgan fingerprint density at radius 3 is 2.39 bits per heavy atom. The molecule has 1 atom stereocenters. The molecule has 5 nitrogen and oxygen atoms in total. The Labute approximate surface area is 189 Å². The number of benzene rings is 2. The number of carbonyl (C=O) groups is 2. The monoisotopic (exact) mass is 439 g/mol. The second-order valence-electron chi connectivity index (χ2n) is 8.82. The number of rotatable bonds is 4. The molecule has 1 spiro atoms. The molecular formula is C25H30ClN3O2. The first-order chi connectivity index (χ1) is 15.0. The largest absolute Gasteiger partial charge is 0.345 e. The first kappa shape index (κ1) is 21.8. The van der Waals surface area contributed by atoms with Crippen molar-refractivity contribution in [3.05, 3.63) is 65.2 Å². The van der Waals surface area contributed by atoms with Crippen LogP contribution in [0, 0.1) is 0 Å². The van der Waals surface area contributed by atoms with Gasteiger partial charge in [-0.2, -0.15) is 0 Å². The quantitative estimate of drug-likeness (QED) is 0.675. The average Bonchev–Trinajstić information content (AvgIpc) is 2.78. The zero-order chi connectivity index (χ0) is 21.7. The maximum atomic E-state index is 12.6. The number of nitrogens with zero attached hydrogens (tertiary/aromatic N) is 1. The van der Waals surface area contributed by atoms with Crippen molar-refractivity contribution in [3.63, 3.8) is 0 Å². The summed E-state index contributed by atoms with van der Waals surface area (Å²) < 4.78 is 0. The Morgan fingerprint density at radius 2 is 1.68 bits per heavy atom. The number of carbonyl (C=O) groups excluding carboxylic acids is 2. The lowest BCUT2D eigenvalue weighted by Crippen LogP contribution is -2.59. The molecule has 1 saturated heterocycles. The Kier molecular flexibility index (Phi) is 6.93. The summed E-state index contributed by atoms with van der Waals surface area (Å²) in [6, 6.07) is 17.4. The molecular weight excluding hydrogens is 410 g/mol. The molecule has 1 heterocycles. The van der Waals surface area contributed by atoms with E-state index in [1.54, 1.807) is 24.3 Å². The number of hydrogen-bond acceptors (Lipinski definition) is 3. The second kappa shape index (κ2) is 9.84. The van der Waals surface area contributed by atoms with Gasteiger partial charge in [0, 0.05) is 35.4 Å². The van der Waals surface area contributed by atoms with Gasteiger partial charge < -0.3 is 10.6 Å². The lowest BCUT2D eigenvalue weighted by atomic mass is 9.73. The molecule has 1 aliphatic heterocycles. The van der Waals surface area contributed by atoms with E-state index in [1.165, 1.54) is 24.8 Å². The van der Waals surface area contributed by atoms with Crippen molar-refractivity contribution in [2.45, 2.75) is 63.1 Å². The number of likely N-dealkylation sites (tertiary alicyclic amines) is 1. The van der Waals surface area contributed by atoms with Crippen LogP contribution < -0.4 is 10.6 Å². The van der Waals surface area contributed by atoms with Gasteiger partial charge in [0.25, 0.3) is 0 Å². The molecule has 2 aromatic carbocycles. The van der Waals surface area contributed by atoms with Crippen LogP contribution in [0.1, 0.15) is 50.5 Å². The van der Waals surface area contributed by atoms with E-state index in [-0.39, 0.29) is 11.6 Å². The average molecular weight is 440 g/mol. The Hall–Kier alpha value is -2.37. The third-order valence-electron chi connectivity index (χ3n) is 6.69. The molecule has 2 aromatic rings. The molecule has 0 bridgehead atoms. The Bertz CT molecular complexity index is 895. The first-order valence-electron chi connectivity index (χ1n) is 11.2. The first-order valence-corrected chi connectivity index (χ1v) is 11.6. The molecule has 1 aliphatic carbocycles. The van der Waals surface area contributed by atoms with Gasteiger partial charge >= 0.3 is 11.8 Å². The maximum Gasteiger partial charge on any atom is 0.313 e. The van der Waals surface area contributed by atoms with E-state index < -0.39 is 11.8 Å². The standard InChI is InChI=1S/C25H30ClN3O2/c26-20-9-11-21(12-10-20)27-23(30)24(31)28-22-13-16-29(18-19-7-3-1-4-8-19)25(17-22)14-5-2-6-15-25/h1,3-4,7-12,22H,2,5-6,13-18H2,(H,27,30)(H,28,31). The summed E-state index contributed by atoms with van der Waals surface area (Å²) >= 11 is 5.88. The van der Waals surface area contributed by atoms with Crippen LogP contribution in [0.25, 0.3) is 0 Å². The zero-order valence-corrected chi connectivity index (χ0v) is 18.5. The molecule has 2 fully saturated rings. The molecule has 0 radical (unpaired) electrons. The third kappa shape index (κ3) is 5.46. The molecule has 4 rings (SSSR count).